The van der Waals surface area contributed by atoms with E-state index in [9.17, 15) is 8.78 Å². The van der Waals surface area contributed by atoms with Gasteiger partial charge >= 0.3 is 0 Å². The van der Waals surface area contributed by atoms with Gasteiger partial charge in [-0.25, -0.2) is 14.2 Å². The first-order valence-electron chi connectivity index (χ1n) is 5.87. The summed E-state index contributed by atoms with van der Waals surface area (Å²) in [5.41, 5.74) is 5.08. The van der Waals surface area contributed by atoms with Gasteiger partial charge in [0.1, 0.15) is 0 Å². The normalized spacial score (nSPS) is 12.5. The van der Waals surface area contributed by atoms with Gasteiger partial charge in [0.2, 0.25) is 0 Å². The minimum Gasteiger partial charge on any atom is -0.271 e. The molecular formula is C14H15F2N3. The van der Waals surface area contributed by atoms with Gasteiger partial charge in [0.05, 0.1) is 11.7 Å². The highest BCUT2D eigenvalue weighted by molar-refractivity contribution is 5.34. The number of pyridine rings is 1. The van der Waals surface area contributed by atoms with Crippen LogP contribution in [0.5, 0.6) is 0 Å². The van der Waals surface area contributed by atoms with Gasteiger partial charge in [-0.3, -0.25) is 10.8 Å². The minimum atomic E-state index is -0.910. The summed E-state index contributed by atoms with van der Waals surface area (Å²) < 4.78 is 27.1. The monoisotopic (exact) mass is 263 g/mol. The van der Waals surface area contributed by atoms with Crippen molar-refractivity contribution in [2.24, 2.45) is 5.84 Å². The molecule has 1 unspecified atom stereocenters. The van der Waals surface area contributed by atoms with E-state index < -0.39 is 17.7 Å². The number of hydrogen-bond donors (Lipinski definition) is 2. The average Bonchev–Trinajstić information content (AvgIpc) is 2.37. The molecule has 0 spiro atoms. The third-order valence-corrected chi connectivity index (χ3v) is 2.99. The van der Waals surface area contributed by atoms with Gasteiger partial charge in [-0.2, -0.15) is 0 Å². The molecule has 0 aliphatic rings. The van der Waals surface area contributed by atoms with Crippen molar-refractivity contribution < 1.29 is 8.78 Å². The van der Waals surface area contributed by atoms with Crippen molar-refractivity contribution in [3.8, 4) is 0 Å². The molecule has 2 rings (SSSR count). The molecule has 0 radical (unpaired) electrons. The Balaban J connectivity index is 2.53. The predicted octanol–water partition coefficient (Wildman–Crippen LogP) is 2.53. The van der Waals surface area contributed by atoms with Crippen LogP contribution in [0.15, 0.2) is 30.5 Å². The second-order valence-corrected chi connectivity index (χ2v) is 4.46. The zero-order valence-corrected chi connectivity index (χ0v) is 10.7. The Morgan fingerprint density at radius 2 is 2.00 bits per heavy atom. The molecule has 5 heteroatoms. The predicted molar refractivity (Wildman–Crippen MR) is 69.2 cm³/mol. The molecule has 0 bridgehead atoms. The van der Waals surface area contributed by atoms with Crippen molar-refractivity contribution >= 4 is 0 Å². The molecule has 1 heterocycles. The topological polar surface area (TPSA) is 50.9 Å². The van der Waals surface area contributed by atoms with Crippen LogP contribution in [0, 0.1) is 25.5 Å². The maximum absolute atomic E-state index is 13.8. The summed E-state index contributed by atoms with van der Waals surface area (Å²) in [7, 11) is 0. The molecule has 0 fully saturated rings. The number of benzene rings is 1. The van der Waals surface area contributed by atoms with Crippen molar-refractivity contribution in [2.45, 2.75) is 19.9 Å². The van der Waals surface area contributed by atoms with Crippen LogP contribution in [-0.4, -0.2) is 4.98 Å². The fourth-order valence-corrected chi connectivity index (χ4v) is 2.09. The molecule has 19 heavy (non-hydrogen) atoms. The maximum Gasteiger partial charge on any atom is 0.164 e. The third kappa shape index (κ3) is 2.62. The highest BCUT2D eigenvalue weighted by Gasteiger charge is 2.21. The molecule has 0 saturated carbocycles. The van der Waals surface area contributed by atoms with Crippen molar-refractivity contribution in [2.75, 3.05) is 0 Å². The largest absolute Gasteiger partial charge is 0.271 e. The second kappa shape index (κ2) is 5.42. The van der Waals surface area contributed by atoms with E-state index in [1.807, 2.05) is 19.9 Å². The van der Waals surface area contributed by atoms with E-state index >= 15 is 0 Å². The summed E-state index contributed by atoms with van der Waals surface area (Å²) in [6.45, 7) is 3.77. The number of aromatic nitrogens is 1. The van der Waals surface area contributed by atoms with E-state index in [0.29, 0.717) is 5.69 Å². The lowest BCUT2D eigenvalue weighted by molar-refractivity contribution is 0.480. The van der Waals surface area contributed by atoms with Gasteiger partial charge in [-0.1, -0.05) is 18.2 Å². The van der Waals surface area contributed by atoms with Gasteiger partial charge in [0.15, 0.2) is 11.6 Å². The molecule has 0 amide bonds. The molecule has 1 atom stereocenters. The molecule has 1 aromatic carbocycles. The lowest BCUT2D eigenvalue weighted by Gasteiger charge is -2.19. The zero-order valence-electron chi connectivity index (χ0n) is 10.7. The van der Waals surface area contributed by atoms with E-state index in [0.717, 1.165) is 17.2 Å². The standard InChI is InChI=1S/C14H15F2N3/c1-8-6-9(2)13(18-7-8)14(19-17)10-4-3-5-11(15)12(10)16/h3-7,14,19H,17H2,1-2H3. The zero-order chi connectivity index (χ0) is 14.0. The molecule has 2 aromatic rings. The van der Waals surface area contributed by atoms with E-state index in [1.165, 1.54) is 12.1 Å². The van der Waals surface area contributed by atoms with Crippen LogP contribution in [0.4, 0.5) is 8.78 Å². The number of halogens is 2. The van der Waals surface area contributed by atoms with E-state index in [4.69, 9.17) is 5.84 Å². The molecule has 100 valence electrons. The molecule has 1 aromatic heterocycles. The Morgan fingerprint density at radius 3 is 2.63 bits per heavy atom. The van der Waals surface area contributed by atoms with Crippen LogP contribution < -0.4 is 11.3 Å². The van der Waals surface area contributed by atoms with Gasteiger partial charge < -0.3 is 0 Å². The van der Waals surface area contributed by atoms with Crippen molar-refractivity contribution in [3.05, 3.63) is 64.5 Å². The number of hydrazine groups is 1. The summed E-state index contributed by atoms with van der Waals surface area (Å²) >= 11 is 0. The number of rotatable bonds is 3. The Morgan fingerprint density at radius 1 is 1.26 bits per heavy atom. The average molecular weight is 263 g/mol. The number of nitrogens with one attached hydrogen (secondary N) is 1. The summed E-state index contributed by atoms with van der Waals surface area (Å²) in [4.78, 5) is 4.26. The fourth-order valence-electron chi connectivity index (χ4n) is 2.09. The number of hydrogen-bond acceptors (Lipinski definition) is 3. The first kappa shape index (κ1) is 13.6. The lowest BCUT2D eigenvalue weighted by Crippen LogP contribution is -2.31. The van der Waals surface area contributed by atoms with Gasteiger partial charge in [0.25, 0.3) is 0 Å². The first-order chi connectivity index (χ1) is 9.04. The number of aryl methyl sites for hydroxylation is 2. The summed E-state index contributed by atoms with van der Waals surface area (Å²) in [5, 5.41) is 0. The SMILES string of the molecule is Cc1cnc(C(NN)c2cccc(F)c2F)c(C)c1. The van der Waals surface area contributed by atoms with Crippen molar-refractivity contribution in [3.63, 3.8) is 0 Å². The van der Waals surface area contributed by atoms with Gasteiger partial charge in [0, 0.05) is 11.8 Å². The number of nitrogens with zero attached hydrogens (tertiary/aromatic N) is 1. The quantitative estimate of drug-likeness (QED) is 0.661. The van der Waals surface area contributed by atoms with Gasteiger partial charge in [-0.15, -0.1) is 0 Å². The Hall–Kier alpha value is -1.85. The summed E-state index contributed by atoms with van der Waals surface area (Å²) in [6.07, 6.45) is 1.67. The molecular weight excluding hydrogens is 248 g/mol. The van der Waals surface area contributed by atoms with Crippen molar-refractivity contribution in [1.29, 1.82) is 0 Å². The summed E-state index contributed by atoms with van der Waals surface area (Å²) in [6, 6.07) is 5.24. The molecule has 3 nitrogen and oxygen atoms in total. The highest BCUT2D eigenvalue weighted by atomic mass is 19.2. The summed E-state index contributed by atoms with van der Waals surface area (Å²) in [5.74, 6) is 3.67. The molecule has 0 saturated heterocycles. The maximum atomic E-state index is 13.8. The van der Waals surface area contributed by atoms with Crippen LogP contribution >= 0.6 is 0 Å². The van der Waals surface area contributed by atoms with Crippen molar-refractivity contribution in [1.82, 2.24) is 10.4 Å². The van der Waals surface area contributed by atoms with Crippen LogP contribution in [0.25, 0.3) is 0 Å². The minimum absolute atomic E-state index is 0.141. The highest BCUT2D eigenvalue weighted by Crippen LogP contribution is 2.26. The Bertz CT molecular complexity index is 599. The third-order valence-electron chi connectivity index (χ3n) is 2.99. The Kier molecular flexibility index (Phi) is 3.87. The molecule has 3 N–H and O–H groups in total. The van der Waals surface area contributed by atoms with E-state index in [-0.39, 0.29) is 5.56 Å². The number of nitrogens with two attached hydrogens (primary N) is 1. The van der Waals surface area contributed by atoms with Crippen LogP contribution in [-0.2, 0) is 0 Å². The molecule has 0 aliphatic heterocycles. The van der Waals surface area contributed by atoms with E-state index in [1.54, 1.807) is 6.20 Å². The smallest absolute Gasteiger partial charge is 0.164 e. The fraction of sp³-hybridized carbons (Fsp3) is 0.214. The first-order valence-corrected chi connectivity index (χ1v) is 5.87. The van der Waals surface area contributed by atoms with Crippen LogP contribution in [0.2, 0.25) is 0 Å². The van der Waals surface area contributed by atoms with Crippen LogP contribution in [0.3, 0.4) is 0 Å². The van der Waals surface area contributed by atoms with Gasteiger partial charge in [-0.05, 0) is 31.0 Å². The second-order valence-electron chi connectivity index (χ2n) is 4.46. The molecule has 0 aliphatic carbocycles. The van der Waals surface area contributed by atoms with Crippen LogP contribution in [0.1, 0.15) is 28.4 Å². The lowest BCUT2D eigenvalue weighted by atomic mass is 9.99. The van der Waals surface area contributed by atoms with E-state index in [2.05, 4.69) is 10.4 Å². The Labute approximate surface area is 110 Å².